The minimum absolute atomic E-state index is 0.436. The molecule has 1 aliphatic rings. The van der Waals surface area contributed by atoms with E-state index >= 15 is 0 Å². The minimum Gasteiger partial charge on any atom is -0.462 e. The average molecular weight is 178 g/mol. The molecular weight excluding hydrogens is 164 g/mol. The molecule has 0 radical (unpaired) electrons. The Balaban J connectivity index is 2.29. The van der Waals surface area contributed by atoms with Gasteiger partial charge in [0.05, 0.1) is 6.61 Å². The fourth-order valence-electron chi connectivity index (χ4n) is 1.39. The van der Waals surface area contributed by atoms with Crippen LogP contribution < -0.4 is 4.74 Å². The second kappa shape index (κ2) is 3.04. The molecule has 1 aromatic carbocycles. The number of hydrogen-bond donors (Lipinski definition) is 0. The van der Waals surface area contributed by atoms with Crippen LogP contribution >= 0.6 is 0 Å². The van der Waals surface area contributed by atoms with Crippen LogP contribution in [0.15, 0.2) is 24.3 Å². The summed E-state index contributed by atoms with van der Waals surface area (Å²) in [5.74, 6) is 0.520. The Labute approximate surface area is 78.5 Å². The van der Waals surface area contributed by atoms with E-state index in [9.17, 15) is 0 Å². The zero-order chi connectivity index (χ0) is 9.31. The standard InChI is InChI=1S/C11H14O2/c1-3-11(2)12-8-9-6-4-5-7-10(9)13-11/h4-7H,3,8H2,1-2H3. The van der Waals surface area contributed by atoms with Gasteiger partial charge in [-0.3, -0.25) is 0 Å². The summed E-state index contributed by atoms with van der Waals surface area (Å²) in [6.45, 7) is 4.69. The predicted octanol–water partition coefficient (Wildman–Crippen LogP) is 2.72. The molecule has 2 heteroatoms. The molecule has 1 atom stereocenters. The van der Waals surface area contributed by atoms with Gasteiger partial charge in [-0.25, -0.2) is 0 Å². The molecule has 0 N–H and O–H groups in total. The summed E-state index contributed by atoms with van der Waals surface area (Å²) in [7, 11) is 0. The van der Waals surface area contributed by atoms with Gasteiger partial charge < -0.3 is 9.47 Å². The Morgan fingerprint density at radius 2 is 2.15 bits per heavy atom. The van der Waals surface area contributed by atoms with Crippen molar-refractivity contribution in [2.24, 2.45) is 0 Å². The maximum absolute atomic E-state index is 5.75. The van der Waals surface area contributed by atoms with Gasteiger partial charge in [0.25, 0.3) is 0 Å². The van der Waals surface area contributed by atoms with E-state index in [0.29, 0.717) is 6.61 Å². The normalized spacial score (nSPS) is 26.3. The number of para-hydroxylation sites is 1. The van der Waals surface area contributed by atoms with E-state index < -0.39 is 5.79 Å². The molecule has 0 aliphatic carbocycles. The van der Waals surface area contributed by atoms with E-state index in [1.807, 2.05) is 31.2 Å². The van der Waals surface area contributed by atoms with Crippen LogP contribution in [0.25, 0.3) is 0 Å². The highest BCUT2D eigenvalue weighted by molar-refractivity contribution is 5.34. The molecule has 13 heavy (non-hydrogen) atoms. The summed E-state index contributed by atoms with van der Waals surface area (Å²) in [6, 6.07) is 8.01. The zero-order valence-corrected chi connectivity index (χ0v) is 8.04. The van der Waals surface area contributed by atoms with E-state index in [0.717, 1.165) is 17.7 Å². The van der Waals surface area contributed by atoms with Crippen molar-refractivity contribution in [1.82, 2.24) is 0 Å². The number of benzene rings is 1. The maximum Gasteiger partial charge on any atom is 0.207 e. The van der Waals surface area contributed by atoms with Gasteiger partial charge in [-0.15, -0.1) is 0 Å². The molecule has 0 spiro atoms. The lowest BCUT2D eigenvalue weighted by molar-refractivity contribution is -0.194. The van der Waals surface area contributed by atoms with Gasteiger partial charge in [0.2, 0.25) is 5.79 Å². The third-order valence-electron chi connectivity index (χ3n) is 2.47. The summed E-state index contributed by atoms with van der Waals surface area (Å²) >= 11 is 0. The van der Waals surface area contributed by atoms with Crippen molar-refractivity contribution >= 4 is 0 Å². The Bertz CT molecular complexity index is 309. The molecule has 0 fully saturated rings. The Morgan fingerprint density at radius 1 is 1.38 bits per heavy atom. The lowest BCUT2D eigenvalue weighted by Gasteiger charge is -2.34. The van der Waals surface area contributed by atoms with Crippen LogP contribution in [0.4, 0.5) is 0 Å². The van der Waals surface area contributed by atoms with Gasteiger partial charge in [-0.05, 0) is 6.07 Å². The molecule has 2 rings (SSSR count). The fourth-order valence-corrected chi connectivity index (χ4v) is 1.39. The molecule has 2 nitrogen and oxygen atoms in total. The lowest BCUT2D eigenvalue weighted by Crippen LogP contribution is -2.37. The summed E-state index contributed by atoms with van der Waals surface area (Å²) in [6.07, 6.45) is 0.862. The van der Waals surface area contributed by atoms with E-state index in [1.165, 1.54) is 0 Å². The van der Waals surface area contributed by atoms with Crippen molar-refractivity contribution in [3.8, 4) is 5.75 Å². The Kier molecular flexibility index (Phi) is 2.00. The number of ether oxygens (including phenoxy) is 2. The van der Waals surface area contributed by atoms with Gasteiger partial charge in [0.15, 0.2) is 0 Å². The van der Waals surface area contributed by atoms with Gasteiger partial charge in [0, 0.05) is 18.9 Å². The highest BCUT2D eigenvalue weighted by atomic mass is 16.7. The summed E-state index contributed by atoms with van der Waals surface area (Å²) in [5.41, 5.74) is 1.13. The first-order valence-corrected chi connectivity index (χ1v) is 4.64. The van der Waals surface area contributed by atoms with Crippen molar-refractivity contribution in [1.29, 1.82) is 0 Å². The first-order chi connectivity index (χ1) is 6.23. The van der Waals surface area contributed by atoms with Crippen LogP contribution in [0.2, 0.25) is 0 Å². The highest BCUT2D eigenvalue weighted by Gasteiger charge is 2.30. The number of fused-ring (bicyclic) bond motifs is 1. The van der Waals surface area contributed by atoms with Gasteiger partial charge >= 0.3 is 0 Å². The third kappa shape index (κ3) is 1.54. The zero-order valence-electron chi connectivity index (χ0n) is 8.04. The van der Waals surface area contributed by atoms with E-state index in [1.54, 1.807) is 0 Å². The topological polar surface area (TPSA) is 18.5 Å². The molecule has 0 saturated carbocycles. The molecule has 1 aliphatic heterocycles. The second-order valence-electron chi connectivity index (χ2n) is 3.49. The predicted molar refractivity (Wildman–Crippen MR) is 50.6 cm³/mol. The van der Waals surface area contributed by atoms with Crippen molar-refractivity contribution < 1.29 is 9.47 Å². The largest absolute Gasteiger partial charge is 0.462 e. The van der Waals surface area contributed by atoms with Gasteiger partial charge in [-0.2, -0.15) is 0 Å². The second-order valence-corrected chi connectivity index (χ2v) is 3.49. The smallest absolute Gasteiger partial charge is 0.207 e. The molecule has 0 aromatic heterocycles. The van der Waals surface area contributed by atoms with Crippen molar-refractivity contribution in [3.63, 3.8) is 0 Å². The molecule has 1 heterocycles. The summed E-state index contributed by atoms with van der Waals surface area (Å²) < 4.78 is 11.4. The van der Waals surface area contributed by atoms with Crippen molar-refractivity contribution in [3.05, 3.63) is 29.8 Å². The Hall–Kier alpha value is -1.02. The van der Waals surface area contributed by atoms with E-state index in [2.05, 4.69) is 6.92 Å². The lowest BCUT2D eigenvalue weighted by atomic mass is 10.1. The average Bonchev–Trinajstić information content (AvgIpc) is 2.18. The maximum atomic E-state index is 5.75. The minimum atomic E-state index is -0.436. The first-order valence-electron chi connectivity index (χ1n) is 4.64. The Morgan fingerprint density at radius 3 is 2.92 bits per heavy atom. The molecule has 1 unspecified atom stereocenters. The third-order valence-corrected chi connectivity index (χ3v) is 2.47. The van der Waals surface area contributed by atoms with E-state index in [-0.39, 0.29) is 0 Å². The van der Waals surface area contributed by atoms with Crippen LogP contribution in [0.5, 0.6) is 5.75 Å². The summed E-state index contributed by atoms with van der Waals surface area (Å²) in [5, 5.41) is 0. The van der Waals surface area contributed by atoms with Crippen LogP contribution in [-0.2, 0) is 11.3 Å². The molecule has 0 saturated heterocycles. The molecule has 0 bridgehead atoms. The quantitative estimate of drug-likeness (QED) is 0.658. The van der Waals surface area contributed by atoms with Crippen LogP contribution in [0.3, 0.4) is 0 Å². The molecule has 0 amide bonds. The molecular formula is C11H14O2. The molecule has 1 aromatic rings. The number of hydrogen-bond acceptors (Lipinski definition) is 2. The van der Waals surface area contributed by atoms with Crippen molar-refractivity contribution in [2.75, 3.05) is 0 Å². The van der Waals surface area contributed by atoms with Gasteiger partial charge in [0.1, 0.15) is 5.75 Å². The van der Waals surface area contributed by atoms with Crippen LogP contribution in [0.1, 0.15) is 25.8 Å². The monoisotopic (exact) mass is 178 g/mol. The van der Waals surface area contributed by atoms with Crippen LogP contribution in [-0.4, -0.2) is 5.79 Å². The van der Waals surface area contributed by atoms with Gasteiger partial charge in [-0.1, -0.05) is 25.1 Å². The number of rotatable bonds is 1. The highest BCUT2D eigenvalue weighted by Crippen LogP contribution is 2.32. The van der Waals surface area contributed by atoms with Crippen molar-refractivity contribution in [2.45, 2.75) is 32.7 Å². The molecule has 70 valence electrons. The summed E-state index contributed by atoms with van der Waals surface area (Å²) in [4.78, 5) is 0. The fraction of sp³-hybridized carbons (Fsp3) is 0.455. The van der Waals surface area contributed by atoms with E-state index in [4.69, 9.17) is 9.47 Å². The SMILES string of the molecule is CCC1(C)OCc2ccccc2O1. The van der Waals surface area contributed by atoms with Crippen LogP contribution in [0, 0.1) is 0 Å². The first kappa shape index (κ1) is 8.57.